The molecule has 0 atom stereocenters. The molecule has 7 heteroatoms. The molecule has 0 amide bonds. The smallest absolute Gasteiger partial charge is 0.219 e. The van der Waals surface area contributed by atoms with Crippen molar-refractivity contribution >= 4 is 29.2 Å². The molecule has 4 rings (SSSR count). The van der Waals surface area contributed by atoms with E-state index in [2.05, 4.69) is 17.0 Å². The second-order valence-corrected chi connectivity index (χ2v) is 7.22. The van der Waals surface area contributed by atoms with Gasteiger partial charge in [-0.25, -0.2) is 4.57 Å². The summed E-state index contributed by atoms with van der Waals surface area (Å²) in [6.45, 7) is 5.23. The molecule has 1 saturated heterocycles. The number of thiophene rings is 1. The predicted octanol–water partition coefficient (Wildman–Crippen LogP) is 3.91. The molecule has 0 aliphatic carbocycles. The lowest BCUT2D eigenvalue weighted by atomic mass is 10.2. The first-order valence-corrected chi connectivity index (χ1v) is 9.46. The number of aromatic hydroxyl groups is 1. The van der Waals surface area contributed by atoms with Gasteiger partial charge in [0, 0.05) is 24.5 Å². The summed E-state index contributed by atoms with van der Waals surface area (Å²) in [4.78, 5) is 2.31. The molecule has 0 saturated carbocycles. The van der Waals surface area contributed by atoms with Crippen LogP contribution in [0.2, 0.25) is 0 Å². The Balaban J connectivity index is 1.73. The number of aromatic nitrogens is 2. The van der Waals surface area contributed by atoms with Crippen molar-refractivity contribution in [3.63, 3.8) is 0 Å². The number of rotatable bonds is 3. The normalized spacial score (nSPS) is 14.8. The van der Waals surface area contributed by atoms with E-state index in [1.807, 2.05) is 41.1 Å². The molecule has 0 spiro atoms. The van der Waals surface area contributed by atoms with Gasteiger partial charge in [-0.15, -0.1) is 11.3 Å². The lowest BCUT2D eigenvalue weighted by Gasteiger charge is -2.29. The molecule has 2 aromatic heterocycles. The monoisotopic (exact) mass is 373 g/mol. The molecule has 0 unspecified atom stereocenters. The standard InChI is InChI=1S/C18H19N3O2S2/c1-13-17(22)21(16-3-2-12-25-16)18(24)20(13)15-6-4-14(5-7-15)19-8-10-23-11-9-19/h2-7,12,22H,8-11H2,1H3. The van der Waals surface area contributed by atoms with Gasteiger partial charge in [0.15, 0.2) is 4.77 Å². The highest BCUT2D eigenvalue weighted by Crippen LogP contribution is 2.30. The van der Waals surface area contributed by atoms with Crippen molar-refractivity contribution in [1.29, 1.82) is 0 Å². The third-order valence-corrected chi connectivity index (χ3v) is 5.68. The molecule has 25 heavy (non-hydrogen) atoms. The van der Waals surface area contributed by atoms with Crippen molar-refractivity contribution < 1.29 is 9.84 Å². The van der Waals surface area contributed by atoms with E-state index >= 15 is 0 Å². The fourth-order valence-electron chi connectivity index (χ4n) is 3.13. The number of ether oxygens (including phenoxy) is 1. The Hall–Kier alpha value is -2.09. The van der Waals surface area contributed by atoms with Crippen LogP contribution in [-0.4, -0.2) is 40.5 Å². The average molecular weight is 374 g/mol. The largest absolute Gasteiger partial charge is 0.493 e. The van der Waals surface area contributed by atoms with Gasteiger partial charge in [-0.1, -0.05) is 0 Å². The highest BCUT2D eigenvalue weighted by molar-refractivity contribution is 7.71. The van der Waals surface area contributed by atoms with Crippen LogP contribution in [0.15, 0.2) is 41.8 Å². The number of benzene rings is 1. The van der Waals surface area contributed by atoms with E-state index in [1.165, 1.54) is 5.69 Å². The molecule has 0 bridgehead atoms. The molecule has 130 valence electrons. The zero-order valence-corrected chi connectivity index (χ0v) is 15.5. The van der Waals surface area contributed by atoms with Crippen molar-refractivity contribution in [3.8, 4) is 16.6 Å². The minimum atomic E-state index is 0.185. The molecule has 1 fully saturated rings. The molecule has 1 aromatic carbocycles. The van der Waals surface area contributed by atoms with Crippen LogP contribution in [0.1, 0.15) is 5.69 Å². The fourth-order valence-corrected chi connectivity index (χ4v) is 4.35. The topological polar surface area (TPSA) is 42.6 Å². The van der Waals surface area contributed by atoms with Crippen LogP contribution in [0, 0.1) is 11.7 Å². The van der Waals surface area contributed by atoms with Crippen LogP contribution in [-0.2, 0) is 4.74 Å². The van der Waals surface area contributed by atoms with Gasteiger partial charge in [-0.2, -0.15) is 0 Å². The molecule has 1 N–H and O–H groups in total. The quantitative estimate of drug-likeness (QED) is 0.707. The third-order valence-electron chi connectivity index (χ3n) is 4.46. The van der Waals surface area contributed by atoms with Crippen LogP contribution in [0.3, 0.4) is 0 Å². The molecule has 1 aliphatic heterocycles. The average Bonchev–Trinajstić information content (AvgIpc) is 3.24. The van der Waals surface area contributed by atoms with Crippen LogP contribution >= 0.6 is 23.6 Å². The van der Waals surface area contributed by atoms with Gasteiger partial charge in [0.1, 0.15) is 5.00 Å². The fraction of sp³-hybridized carbons (Fsp3) is 0.278. The minimum absolute atomic E-state index is 0.185. The highest BCUT2D eigenvalue weighted by Gasteiger charge is 2.17. The molecule has 3 heterocycles. The SMILES string of the molecule is Cc1c(O)n(-c2cccs2)c(=S)n1-c1ccc(N2CCOCC2)cc1. The van der Waals surface area contributed by atoms with Gasteiger partial charge in [-0.3, -0.25) is 4.57 Å². The maximum atomic E-state index is 10.6. The van der Waals surface area contributed by atoms with Crippen molar-refractivity contribution in [1.82, 2.24) is 9.13 Å². The summed E-state index contributed by atoms with van der Waals surface area (Å²) in [6, 6.07) is 12.2. The Kier molecular flexibility index (Phi) is 4.37. The first kappa shape index (κ1) is 16.4. The Morgan fingerprint density at radius 1 is 1.04 bits per heavy atom. The minimum Gasteiger partial charge on any atom is -0.493 e. The molecule has 0 radical (unpaired) electrons. The van der Waals surface area contributed by atoms with E-state index in [-0.39, 0.29) is 5.88 Å². The van der Waals surface area contributed by atoms with Crippen molar-refractivity contribution in [2.75, 3.05) is 31.2 Å². The maximum absolute atomic E-state index is 10.6. The number of imidazole rings is 1. The number of nitrogens with zero attached hydrogens (tertiary/aromatic N) is 3. The van der Waals surface area contributed by atoms with Gasteiger partial charge < -0.3 is 14.7 Å². The second-order valence-electron chi connectivity index (χ2n) is 5.93. The van der Waals surface area contributed by atoms with Crippen LogP contribution in [0.25, 0.3) is 10.7 Å². The Labute approximate surface area is 155 Å². The van der Waals surface area contributed by atoms with Crippen molar-refractivity contribution in [2.45, 2.75) is 6.92 Å². The summed E-state index contributed by atoms with van der Waals surface area (Å²) in [5.41, 5.74) is 2.86. The van der Waals surface area contributed by atoms with Gasteiger partial charge in [-0.05, 0) is 60.9 Å². The van der Waals surface area contributed by atoms with E-state index < -0.39 is 0 Å². The molecule has 3 aromatic rings. The number of hydrogen-bond donors (Lipinski definition) is 1. The van der Waals surface area contributed by atoms with Crippen molar-refractivity contribution in [2.24, 2.45) is 0 Å². The summed E-state index contributed by atoms with van der Waals surface area (Å²) in [6.07, 6.45) is 0. The third kappa shape index (κ3) is 2.88. The van der Waals surface area contributed by atoms with Crippen LogP contribution in [0.5, 0.6) is 5.88 Å². The lowest BCUT2D eigenvalue weighted by Crippen LogP contribution is -2.36. The van der Waals surface area contributed by atoms with Crippen LogP contribution < -0.4 is 4.90 Å². The van der Waals surface area contributed by atoms with Crippen LogP contribution in [0.4, 0.5) is 5.69 Å². The molecule has 5 nitrogen and oxygen atoms in total. The van der Waals surface area contributed by atoms with E-state index in [9.17, 15) is 5.11 Å². The Bertz CT molecular complexity index is 921. The van der Waals surface area contributed by atoms with Gasteiger partial charge in [0.25, 0.3) is 0 Å². The number of anilines is 1. The van der Waals surface area contributed by atoms with Gasteiger partial charge in [0.2, 0.25) is 5.88 Å². The first-order valence-electron chi connectivity index (χ1n) is 8.17. The lowest BCUT2D eigenvalue weighted by molar-refractivity contribution is 0.122. The maximum Gasteiger partial charge on any atom is 0.219 e. The van der Waals surface area contributed by atoms with Gasteiger partial charge >= 0.3 is 0 Å². The second kappa shape index (κ2) is 6.67. The highest BCUT2D eigenvalue weighted by atomic mass is 32.1. The zero-order valence-electron chi connectivity index (χ0n) is 13.9. The van der Waals surface area contributed by atoms with E-state index in [4.69, 9.17) is 17.0 Å². The zero-order chi connectivity index (χ0) is 17.4. The van der Waals surface area contributed by atoms with E-state index in [0.29, 0.717) is 4.77 Å². The van der Waals surface area contributed by atoms with Crippen molar-refractivity contribution in [3.05, 3.63) is 52.2 Å². The molecule has 1 aliphatic rings. The van der Waals surface area contributed by atoms with E-state index in [1.54, 1.807) is 15.9 Å². The van der Waals surface area contributed by atoms with Gasteiger partial charge in [0.05, 0.1) is 18.9 Å². The number of hydrogen-bond acceptors (Lipinski definition) is 5. The molecular formula is C18H19N3O2S2. The molecular weight excluding hydrogens is 354 g/mol. The summed E-state index contributed by atoms with van der Waals surface area (Å²) in [5, 5.41) is 13.4. The first-order chi connectivity index (χ1) is 12.2. The summed E-state index contributed by atoms with van der Waals surface area (Å²) in [7, 11) is 0. The Morgan fingerprint density at radius 2 is 1.72 bits per heavy atom. The summed E-state index contributed by atoms with van der Waals surface area (Å²) >= 11 is 7.18. The van der Waals surface area contributed by atoms with E-state index in [0.717, 1.165) is 42.7 Å². The predicted molar refractivity (Wildman–Crippen MR) is 103 cm³/mol. The number of morpholine rings is 1. The summed E-state index contributed by atoms with van der Waals surface area (Å²) < 4.78 is 9.60. The Morgan fingerprint density at radius 3 is 2.36 bits per heavy atom. The summed E-state index contributed by atoms with van der Waals surface area (Å²) in [5.74, 6) is 0.185.